The van der Waals surface area contributed by atoms with Crippen molar-refractivity contribution >= 4 is 38.9 Å². The molecule has 1 fully saturated rings. The third kappa shape index (κ3) is 3.21. The Bertz CT molecular complexity index is 941. The average Bonchev–Trinajstić information content (AvgIpc) is 3.21. The largest absolute Gasteiger partial charge is 0.379 e. The number of aromatic nitrogens is 1. The number of morpholine rings is 1. The molecule has 0 bridgehead atoms. The van der Waals surface area contributed by atoms with Gasteiger partial charge in [0.2, 0.25) is 0 Å². The first-order valence-electron chi connectivity index (χ1n) is 8.82. The van der Waals surface area contributed by atoms with Gasteiger partial charge in [0.05, 0.1) is 23.8 Å². The molecule has 4 rings (SSSR count). The van der Waals surface area contributed by atoms with Crippen LogP contribution in [-0.2, 0) is 11.3 Å². The van der Waals surface area contributed by atoms with E-state index in [-0.39, 0.29) is 5.78 Å². The third-order valence-electron chi connectivity index (χ3n) is 5.02. The van der Waals surface area contributed by atoms with Crippen LogP contribution >= 0.6 is 22.9 Å². The van der Waals surface area contributed by atoms with Gasteiger partial charge >= 0.3 is 0 Å². The highest BCUT2D eigenvalue weighted by Crippen LogP contribution is 2.33. The maximum atomic E-state index is 13.2. The van der Waals surface area contributed by atoms with Crippen molar-refractivity contribution in [3.05, 3.63) is 57.6 Å². The van der Waals surface area contributed by atoms with Crippen molar-refractivity contribution in [3.63, 3.8) is 0 Å². The molecule has 0 unspecified atom stereocenters. The summed E-state index contributed by atoms with van der Waals surface area (Å²) in [6.45, 7) is 7.42. The second-order valence-electron chi connectivity index (χ2n) is 6.51. The van der Waals surface area contributed by atoms with Gasteiger partial charge in [0.15, 0.2) is 5.78 Å². The van der Waals surface area contributed by atoms with E-state index < -0.39 is 0 Å². The van der Waals surface area contributed by atoms with Crippen LogP contribution in [0, 0.1) is 6.92 Å². The summed E-state index contributed by atoms with van der Waals surface area (Å²) in [5.74, 6) is 0.00150. The van der Waals surface area contributed by atoms with E-state index in [1.807, 2.05) is 25.1 Å². The van der Waals surface area contributed by atoms with Gasteiger partial charge in [0, 0.05) is 42.8 Å². The first-order valence-corrected chi connectivity index (χ1v) is 10.1. The fraction of sp³-hybridized carbons (Fsp3) is 0.350. The van der Waals surface area contributed by atoms with Crippen molar-refractivity contribution in [3.8, 4) is 0 Å². The first-order chi connectivity index (χ1) is 12.7. The van der Waals surface area contributed by atoms with Crippen molar-refractivity contribution in [1.82, 2.24) is 9.47 Å². The van der Waals surface area contributed by atoms with Gasteiger partial charge in [-0.2, -0.15) is 0 Å². The molecule has 1 aliphatic heterocycles. The van der Waals surface area contributed by atoms with Gasteiger partial charge < -0.3 is 9.30 Å². The maximum absolute atomic E-state index is 13.2. The summed E-state index contributed by atoms with van der Waals surface area (Å²) in [6.07, 6.45) is 0. The normalized spacial score (nSPS) is 15.6. The van der Waals surface area contributed by atoms with Crippen molar-refractivity contribution in [1.29, 1.82) is 0 Å². The Morgan fingerprint density at radius 1 is 1.19 bits per heavy atom. The van der Waals surface area contributed by atoms with Crippen LogP contribution in [0.5, 0.6) is 0 Å². The Morgan fingerprint density at radius 2 is 1.96 bits per heavy atom. The van der Waals surface area contributed by atoms with Gasteiger partial charge in [-0.15, -0.1) is 11.3 Å². The molecule has 136 valence electrons. The van der Waals surface area contributed by atoms with Crippen LogP contribution in [0.3, 0.4) is 0 Å². The molecule has 0 amide bonds. The van der Waals surface area contributed by atoms with E-state index in [1.54, 1.807) is 23.5 Å². The number of ketones is 1. The Labute approximate surface area is 161 Å². The standard InChI is InChI=1S/C20H21ClN2O2S/c1-14-18(19(24)15-4-2-3-5-17(15)21)16-6-13-26-20(16)23(14)8-7-22-9-11-25-12-10-22/h2-6,13H,7-12H2,1H3. The van der Waals surface area contributed by atoms with Crippen molar-refractivity contribution in [2.24, 2.45) is 0 Å². The maximum Gasteiger partial charge on any atom is 0.196 e. The number of benzene rings is 1. The van der Waals surface area contributed by atoms with Crippen LogP contribution < -0.4 is 0 Å². The number of carbonyl (C=O) groups is 1. The average molecular weight is 389 g/mol. The first kappa shape index (κ1) is 17.7. The van der Waals surface area contributed by atoms with Crippen LogP contribution in [0.1, 0.15) is 21.6 Å². The van der Waals surface area contributed by atoms with Crippen molar-refractivity contribution in [2.45, 2.75) is 13.5 Å². The van der Waals surface area contributed by atoms with Crippen LogP contribution in [0.15, 0.2) is 35.7 Å². The fourth-order valence-corrected chi connectivity index (χ4v) is 4.79. The van der Waals surface area contributed by atoms with E-state index in [1.165, 1.54) is 0 Å². The summed E-state index contributed by atoms with van der Waals surface area (Å²) in [6, 6.07) is 9.31. The molecule has 1 aromatic carbocycles. The Balaban J connectivity index is 1.68. The molecular formula is C20H21ClN2O2S. The Hall–Kier alpha value is -1.66. The van der Waals surface area contributed by atoms with E-state index >= 15 is 0 Å². The van der Waals surface area contributed by atoms with Crippen molar-refractivity contribution < 1.29 is 9.53 Å². The van der Waals surface area contributed by atoms with E-state index in [0.29, 0.717) is 10.6 Å². The number of hydrogen-bond donors (Lipinski definition) is 0. The number of nitrogens with zero attached hydrogens (tertiary/aromatic N) is 2. The molecular weight excluding hydrogens is 368 g/mol. The molecule has 0 N–H and O–H groups in total. The number of thiophene rings is 1. The summed E-state index contributed by atoms with van der Waals surface area (Å²) in [5.41, 5.74) is 2.36. The molecule has 26 heavy (non-hydrogen) atoms. The summed E-state index contributed by atoms with van der Waals surface area (Å²) < 4.78 is 7.70. The summed E-state index contributed by atoms with van der Waals surface area (Å²) in [5, 5.41) is 3.58. The molecule has 6 heteroatoms. The molecule has 1 aliphatic rings. The topological polar surface area (TPSA) is 34.5 Å². The lowest BCUT2D eigenvalue weighted by Gasteiger charge is -2.26. The molecule has 0 saturated carbocycles. The Morgan fingerprint density at radius 3 is 2.73 bits per heavy atom. The number of carbonyl (C=O) groups excluding carboxylic acids is 1. The van der Waals surface area contributed by atoms with Gasteiger partial charge in [-0.3, -0.25) is 9.69 Å². The minimum Gasteiger partial charge on any atom is -0.379 e. The number of fused-ring (bicyclic) bond motifs is 1. The molecule has 0 spiro atoms. The molecule has 3 heterocycles. The molecule has 3 aromatic rings. The number of ether oxygens (including phenoxy) is 1. The highest BCUT2D eigenvalue weighted by Gasteiger charge is 2.23. The Kier molecular flexibility index (Phi) is 5.14. The predicted octanol–water partition coefficient (Wildman–Crippen LogP) is 4.23. The van der Waals surface area contributed by atoms with Crippen molar-refractivity contribution in [2.75, 3.05) is 32.8 Å². The fourth-order valence-electron chi connectivity index (χ4n) is 3.58. The number of halogens is 1. The second-order valence-corrected chi connectivity index (χ2v) is 7.82. The van der Waals surface area contributed by atoms with Gasteiger partial charge in [-0.1, -0.05) is 23.7 Å². The van der Waals surface area contributed by atoms with E-state index in [2.05, 4.69) is 14.8 Å². The van der Waals surface area contributed by atoms with Gasteiger partial charge in [0.1, 0.15) is 4.83 Å². The molecule has 0 radical (unpaired) electrons. The molecule has 2 aromatic heterocycles. The van der Waals surface area contributed by atoms with Crippen LogP contribution in [0.2, 0.25) is 5.02 Å². The summed E-state index contributed by atoms with van der Waals surface area (Å²) in [7, 11) is 0. The summed E-state index contributed by atoms with van der Waals surface area (Å²) >= 11 is 7.96. The predicted molar refractivity (Wildman–Crippen MR) is 107 cm³/mol. The van der Waals surface area contributed by atoms with Gasteiger partial charge in [0.25, 0.3) is 0 Å². The lowest BCUT2D eigenvalue weighted by Crippen LogP contribution is -2.38. The molecule has 0 atom stereocenters. The SMILES string of the molecule is Cc1c(C(=O)c2ccccc2Cl)c2ccsc2n1CCN1CCOCC1. The lowest BCUT2D eigenvalue weighted by molar-refractivity contribution is 0.0365. The monoisotopic (exact) mass is 388 g/mol. The quantitative estimate of drug-likeness (QED) is 0.613. The lowest BCUT2D eigenvalue weighted by atomic mass is 10.0. The van der Waals surface area contributed by atoms with E-state index in [4.69, 9.17) is 16.3 Å². The van der Waals surface area contributed by atoms with E-state index in [0.717, 1.165) is 60.9 Å². The highest BCUT2D eigenvalue weighted by molar-refractivity contribution is 7.16. The molecule has 1 saturated heterocycles. The van der Waals surface area contributed by atoms with Crippen LogP contribution in [-0.4, -0.2) is 48.1 Å². The zero-order valence-electron chi connectivity index (χ0n) is 14.7. The highest BCUT2D eigenvalue weighted by atomic mass is 35.5. The number of hydrogen-bond acceptors (Lipinski definition) is 4. The van der Waals surface area contributed by atoms with Gasteiger partial charge in [-0.25, -0.2) is 0 Å². The molecule has 4 nitrogen and oxygen atoms in total. The second kappa shape index (κ2) is 7.53. The smallest absolute Gasteiger partial charge is 0.196 e. The number of rotatable bonds is 5. The summed E-state index contributed by atoms with van der Waals surface area (Å²) in [4.78, 5) is 16.8. The van der Waals surface area contributed by atoms with Crippen LogP contribution in [0.4, 0.5) is 0 Å². The minimum atomic E-state index is 0.00150. The van der Waals surface area contributed by atoms with Crippen LogP contribution in [0.25, 0.3) is 10.2 Å². The zero-order valence-corrected chi connectivity index (χ0v) is 16.3. The molecule has 0 aliphatic carbocycles. The van der Waals surface area contributed by atoms with E-state index in [9.17, 15) is 4.79 Å². The third-order valence-corrected chi connectivity index (χ3v) is 6.28. The minimum absolute atomic E-state index is 0.00150. The zero-order chi connectivity index (χ0) is 18.1. The van der Waals surface area contributed by atoms with Gasteiger partial charge in [-0.05, 0) is 30.5 Å².